The van der Waals surface area contributed by atoms with Crippen LogP contribution in [0, 0.1) is 0 Å². The second-order valence-corrected chi connectivity index (χ2v) is 12.9. The topological polar surface area (TPSA) is 248 Å². The summed E-state index contributed by atoms with van der Waals surface area (Å²) in [5.41, 5.74) is 6.57. The molecule has 6 aromatic rings. The standard InChI is InChI=1S/C30H21N5O11S3/c31-23-14-21-16(12-28(23)49(40,41)42)11-27(48-46-44-39)29(30(21)37)35-34-24-8-9-25(22-13-18(36)5-7-20(22)24)33-32-17-4-6-19-15(10-17)2-1-3-26(19)47-45-43-38/h1-14,36-39H,31H2,(H,40,41,42)/b33-32+,35-34+. The number of benzene rings is 6. The van der Waals surface area contributed by atoms with Crippen molar-refractivity contribution in [1.29, 1.82) is 0 Å². The molecule has 0 bridgehead atoms. The maximum Gasteiger partial charge on any atom is 0.296 e. The van der Waals surface area contributed by atoms with Crippen LogP contribution >= 0.6 is 24.1 Å². The highest BCUT2D eigenvalue weighted by Crippen LogP contribution is 2.46. The number of azo groups is 2. The number of hydrogen-bond donors (Lipinski definition) is 6. The molecular weight excluding hydrogens is 703 g/mol. The van der Waals surface area contributed by atoms with E-state index >= 15 is 0 Å². The van der Waals surface area contributed by atoms with Crippen molar-refractivity contribution >= 4 is 95.0 Å². The fraction of sp³-hybridized carbons (Fsp3) is 0. The van der Waals surface area contributed by atoms with E-state index in [2.05, 4.69) is 39.2 Å². The minimum absolute atomic E-state index is 0.0385. The molecule has 0 aliphatic heterocycles. The van der Waals surface area contributed by atoms with E-state index in [-0.39, 0.29) is 32.8 Å². The fourth-order valence-electron chi connectivity index (χ4n) is 4.95. The summed E-state index contributed by atoms with van der Waals surface area (Å²) in [4.78, 5) is 0.162. The molecule has 0 saturated carbocycles. The lowest BCUT2D eigenvalue weighted by Crippen LogP contribution is -2.03. The molecule has 7 N–H and O–H groups in total. The lowest BCUT2D eigenvalue weighted by Gasteiger charge is -2.11. The van der Waals surface area contributed by atoms with E-state index in [1.54, 1.807) is 42.5 Å². The summed E-state index contributed by atoms with van der Waals surface area (Å²) in [7, 11) is -4.68. The maximum absolute atomic E-state index is 11.8. The number of fused-ring (bicyclic) bond motifs is 3. The van der Waals surface area contributed by atoms with Crippen LogP contribution < -0.4 is 5.73 Å². The minimum atomic E-state index is -4.68. The summed E-state index contributed by atoms with van der Waals surface area (Å²) in [6, 6.07) is 22.1. The molecule has 6 rings (SSSR count). The summed E-state index contributed by atoms with van der Waals surface area (Å²) in [6.07, 6.45) is 0. The van der Waals surface area contributed by atoms with E-state index in [9.17, 15) is 23.2 Å². The highest BCUT2D eigenvalue weighted by molar-refractivity contribution is 7.95. The molecule has 6 aromatic carbocycles. The largest absolute Gasteiger partial charge is 0.508 e. The van der Waals surface area contributed by atoms with Crippen LogP contribution in [0.1, 0.15) is 0 Å². The molecule has 0 saturated heterocycles. The van der Waals surface area contributed by atoms with Gasteiger partial charge in [0.05, 0.1) is 51.7 Å². The van der Waals surface area contributed by atoms with Crippen molar-refractivity contribution in [2.24, 2.45) is 20.5 Å². The molecule has 0 atom stereocenters. The van der Waals surface area contributed by atoms with Crippen molar-refractivity contribution < 1.29 is 52.4 Å². The Labute approximate surface area is 283 Å². The Balaban J connectivity index is 1.38. The summed E-state index contributed by atoms with van der Waals surface area (Å²) in [6.45, 7) is 0. The van der Waals surface area contributed by atoms with Gasteiger partial charge in [-0.25, -0.2) is 10.5 Å². The molecule has 0 spiro atoms. The predicted molar refractivity (Wildman–Crippen MR) is 179 cm³/mol. The Morgan fingerprint density at radius 2 is 1.35 bits per heavy atom. The zero-order valence-electron chi connectivity index (χ0n) is 24.4. The number of aromatic hydroxyl groups is 2. The third-order valence-corrected chi connectivity index (χ3v) is 9.27. The first-order valence-corrected chi connectivity index (χ1v) is 16.5. The van der Waals surface area contributed by atoms with Gasteiger partial charge in [0, 0.05) is 21.1 Å². The molecular formula is C30H21N5O11S3. The van der Waals surface area contributed by atoms with Crippen molar-refractivity contribution in [1.82, 2.24) is 0 Å². The number of nitrogens with two attached hydrogens (primary N) is 1. The number of rotatable bonds is 11. The first-order chi connectivity index (χ1) is 23.6. The molecule has 0 radical (unpaired) electrons. The van der Waals surface area contributed by atoms with Gasteiger partial charge in [-0.3, -0.25) is 4.55 Å². The first-order valence-electron chi connectivity index (χ1n) is 13.6. The van der Waals surface area contributed by atoms with E-state index in [0.29, 0.717) is 44.8 Å². The van der Waals surface area contributed by atoms with E-state index < -0.39 is 20.8 Å². The normalized spacial score (nSPS) is 12.3. The summed E-state index contributed by atoms with van der Waals surface area (Å²) in [5, 5.41) is 66.1. The van der Waals surface area contributed by atoms with Crippen molar-refractivity contribution in [2.45, 2.75) is 14.7 Å². The zero-order chi connectivity index (χ0) is 34.7. The average Bonchev–Trinajstić information content (AvgIpc) is 3.08. The summed E-state index contributed by atoms with van der Waals surface area (Å²) >= 11 is 1.28. The second-order valence-electron chi connectivity index (χ2n) is 10.0. The Bertz CT molecular complexity index is 2410. The molecule has 0 aliphatic carbocycles. The Hall–Kier alpha value is -4.93. The van der Waals surface area contributed by atoms with Gasteiger partial charge in [-0.2, -0.15) is 13.5 Å². The molecule has 0 aromatic heterocycles. The van der Waals surface area contributed by atoms with Crippen molar-refractivity contribution in [2.75, 3.05) is 5.73 Å². The van der Waals surface area contributed by atoms with E-state index in [0.717, 1.165) is 34.9 Å². The molecule has 16 nitrogen and oxygen atoms in total. The minimum Gasteiger partial charge on any atom is -0.508 e. The monoisotopic (exact) mass is 723 g/mol. The molecule has 19 heteroatoms. The molecule has 0 heterocycles. The third kappa shape index (κ3) is 7.25. The van der Waals surface area contributed by atoms with E-state index in [1.807, 2.05) is 12.1 Å². The Morgan fingerprint density at radius 3 is 2.08 bits per heavy atom. The molecule has 49 heavy (non-hydrogen) atoms. The number of nitrogens with zero attached hydrogens (tertiary/aromatic N) is 4. The summed E-state index contributed by atoms with van der Waals surface area (Å²) in [5.74, 6) is -0.515. The number of phenolic OH excluding ortho intramolecular Hbond substituents is 2. The SMILES string of the molecule is Nc1cc2c(O)c(/N=N/c3ccc(/N=N/c4ccc5c(SOOO)cccc5c4)c4cc(O)ccc34)c(SOOO)cc2cc1S(=O)(=O)O. The Kier molecular flexibility index (Phi) is 9.89. The lowest BCUT2D eigenvalue weighted by molar-refractivity contribution is -0.432. The van der Waals surface area contributed by atoms with Crippen molar-refractivity contribution in [3.63, 3.8) is 0 Å². The molecule has 250 valence electrons. The van der Waals surface area contributed by atoms with E-state index in [1.165, 1.54) is 18.2 Å². The maximum atomic E-state index is 11.8. The van der Waals surface area contributed by atoms with E-state index in [4.69, 9.17) is 16.2 Å². The highest BCUT2D eigenvalue weighted by Gasteiger charge is 2.21. The predicted octanol–water partition coefficient (Wildman–Crippen LogP) is 9.07. The average molecular weight is 724 g/mol. The number of nitrogen functional groups attached to an aromatic ring is 1. The first kappa shape index (κ1) is 34.0. The van der Waals surface area contributed by atoms with Gasteiger partial charge in [0.1, 0.15) is 16.3 Å². The smallest absolute Gasteiger partial charge is 0.296 e. The van der Waals surface area contributed by atoms with Crippen LogP contribution in [0.3, 0.4) is 0 Å². The van der Waals surface area contributed by atoms with Crippen LogP contribution in [0.25, 0.3) is 32.3 Å². The lowest BCUT2D eigenvalue weighted by atomic mass is 10.1. The molecule has 0 fully saturated rings. The third-order valence-electron chi connectivity index (χ3n) is 7.08. The van der Waals surface area contributed by atoms with Crippen LogP contribution in [0.4, 0.5) is 28.4 Å². The number of anilines is 1. The van der Waals surface area contributed by atoms with Crippen LogP contribution in [0.5, 0.6) is 11.5 Å². The van der Waals surface area contributed by atoms with Gasteiger partial charge in [-0.15, -0.1) is 24.0 Å². The van der Waals surface area contributed by atoms with Gasteiger partial charge in [0.2, 0.25) is 0 Å². The zero-order valence-corrected chi connectivity index (χ0v) is 26.8. The summed E-state index contributed by atoms with van der Waals surface area (Å²) < 4.78 is 42.2. The number of hydrogen-bond acceptors (Lipinski definition) is 17. The van der Waals surface area contributed by atoms with Crippen LogP contribution in [0.15, 0.2) is 120 Å². The van der Waals surface area contributed by atoms with Gasteiger partial charge in [0.15, 0.2) is 5.75 Å². The molecule has 0 aliphatic rings. The quantitative estimate of drug-likeness (QED) is 0.0182. The molecule has 0 amide bonds. The van der Waals surface area contributed by atoms with Gasteiger partial charge < -0.3 is 15.9 Å². The second kappa shape index (κ2) is 14.3. The van der Waals surface area contributed by atoms with Crippen molar-refractivity contribution in [3.8, 4) is 11.5 Å². The van der Waals surface area contributed by atoms with Gasteiger partial charge in [-0.1, -0.05) is 28.3 Å². The number of phenols is 2. The van der Waals surface area contributed by atoms with Gasteiger partial charge >= 0.3 is 0 Å². The fourth-order valence-corrected chi connectivity index (χ4v) is 6.59. The van der Waals surface area contributed by atoms with Crippen molar-refractivity contribution in [3.05, 3.63) is 84.9 Å². The highest BCUT2D eigenvalue weighted by atomic mass is 32.2. The van der Waals surface area contributed by atoms with Crippen LogP contribution in [-0.2, 0) is 28.9 Å². The molecule has 0 unspecified atom stereocenters. The van der Waals surface area contributed by atoms with Crippen LogP contribution in [-0.4, -0.2) is 33.7 Å². The van der Waals surface area contributed by atoms with Gasteiger partial charge in [0.25, 0.3) is 10.1 Å². The van der Waals surface area contributed by atoms with Gasteiger partial charge in [-0.05, 0) is 82.9 Å². The Morgan fingerprint density at radius 1 is 0.653 bits per heavy atom. The van der Waals surface area contributed by atoms with Crippen LogP contribution in [0.2, 0.25) is 0 Å².